The highest BCUT2D eigenvalue weighted by atomic mass is 19.1. The molecule has 2 aliphatic heterocycles. The van der Waals surface area contributed by atoms with Crippen LogP contribution in [0.3, 0.4) is 0 Å². The summed E-state index contributed by atoms with van der Waals surface area (Å²) in [5, 5.41) is 14.7. The maximum atomic E-state index is 13.9. The van der Waals surface area contributed by atoms with Crippen LogP contribution in [0.15, 0.2) is 66.9 Å². The monoisotopic (exact) mass is 446 g/mol. The Morgan fingerprint density at radius 2 is 2.06 bits per heavy atom. The van der Waals surface area contributed by atoms with E-state index in [1.165, 1.54) is 12.1 Å². The van der Waals surface area contributed by atoms with Crippen molar-refractivity contribution < 1.29 is 14.3 Å². The first-order valence-electron chi connectivity index (χ1n) is 11.2. The van der Waals surface area contributed by atoms with Gasteiger partial charge in [-0.3, -0.25) is 14.6 Å². The van der Waals surface area contributed by atoms with Gasteiger partial charge < -0.3 is 5.11 Å². The summed E-state index contributed by atoms with van der Waals surface area (Å²) in [7, 11) is 0. The first kappa shape index (κ1) is 21.4. The Labute approximate surface area is 192 Å². The number of amides is 1. The fourth-order valence-corrected chi connectivity index (χ4v) is 5.18. The molecule has 0 unspecified atom stereocenters. The summed E-state index contributed by atoms with van der Waals surface area (Å²) in [6.45, 7) is 5.64. The van der Waals surface area contributed by atoms with Crippen LogP contribution in [0.4, 0.5) is 10.1 Å². The van der Waals surface area contributed by atoms with E-state index >= 15 is 0 Å². The fraction of sp³-hybridized carbons (Fsp3) is 0.308. The van der Waals surface area contributed by atoms with Crippen LogP contribution in [0.2, 0.25) is 0 Å². The van der Waals surface area contributed by atoms with Gasteiger partial charge in [0.25, 0.3) is 5.91 Å². The molecule has 1 N–H and O–H groups in total. The lowest BCUT2D eigenvalue weighted by Gasteiger charge is -2.47. The number of aryl methyl sites for hydroxylation is 1. The molecule has 1 spiro atoms. The predicted octanol–water partition coefficient (Wildman–Crippen LogP) is 4.35. The molecule has 0 bridgehead atoms. The summed E-state index contributed by atoms with van der Waals surface area (Å²) in [6, 6.07) is 14.0. The maximum Gasteiger partial charge on any atom is 0.251 e. The number of aromatic nitrogens is 2. The number of rotatable bonds is 4. The summed E-state index contributed by atoms with van der Waals surface area (Å²) in [5.41, 5.74) is 2.86. The number of phenols is 1. The Hall–Kier alpha value is -3.45. The molecule has 33 heavy (non-hydrogen) atoms. The quantitative estimate of drug-likeness (QED) is 0.647. The lowest BCUT2D eigenvalue weighted by Crippen LogP contribution is -2.56. The van der Waals surface area contributed by atoms with Crippen molar-refractivity contribution in [1.29, 1.82) is 0 Å². The molecule has 2 atom stereocenters. The second-order valence-electron chi connectivity index (χ2n) is 9.07. The van der Waals surface area contributed by atoms with Gasteiger partial charge in [-0.1, -0.05) is 18.2 Å². The van der Waals surface area contributed by atoms with Gasteiger partial charge in [-0.15, -0.1) is 0 Å². The molecule has 1 fully saturated rings. The number of piperidine rings is 1. The van der Waals surface area contributed by atoms with Gasteiger partial charge >= 0.3 is 0 Å². The zero-order chi connectivity index (χ0) is 23.2. The highest BCUT2D eigenvalue weighted by molar-refractivity contribution is 6.06. The number of hydrogen-bond acceptors (Lipinski definition) is 4. The van der Waals surface area contributed by atoms with Crippen molar-refractivity contribution in [3.8, 4) is 11.4 Å². The third kappa shape index (κ3) is 3.82. The van der Waals surface area contributed by atoms with Crippen molar-refractivity contribution in [1.82, 2.24) is 14.7 Å². The highest BCUT2D eigenvalue weighted by Crippen LogP contribution is 2.41. The molecule has 0 radical (unpaired) electrons. The summed E-state index contributed by atoms with van der Waals surface area (Å²) >= 11 is 0. The molecule has 5 rings (SSSR count). The number of anilines is 1. The van der Waals surface area contributed by atoms with Crippen molar-refractivity contribution in [3.63, 3.8) is 0 Å². The van der Waals surface area contributed by atoms with E-state index in [1.54, 1.807) is 40.1 Å². The minimum Gasteiger partial charge on any atom is -0.506 e. The van der Waals surface area contributed by atoms with Crippen LogP contribution in [0.1, 0.15) is 31.0 Å². The molecule has 1 amide bonds. The van der Waals surface area contributed by atoms with Gasteiger partial charge in [-0.05, 0) is 68.7 Å². The molecule has 2 aliphatic rings. The number of benzene rings is 2. The number of hydrogen-bond donors (Lipinski definition) is 1. The Bertz CT molecular complexity index is 1240. The number of carbonyl (C=O) groups is 1. The number of aromatic hydroxyl groups is 1. The molecule has 6 nitrogen and oxygen atoms in total. The normalized spacial score (nSPS) is 23.1. The van der Waals surface area contributed by atoms with E-state index in [4.69, 9.17) is 0 Å². The van der Waals surface area contributed by atoms with Gasteiger partial charge in [0.15, 0.2) is 0 Å². The number of phenolic OH excluding ortho intramolecular Hbond substituents is 1. The number of likely N-dealkylation sites (tertiary alicyclic amines) is 1. The van der Waals surface area contributed by atoms with Crippen molar-refractivity contribution in [2.45, 2.75) is 44.8 Å². The first-order valence-corrected chi connectivity index (χ1v) is 11.2. The van der Waals surface area contributed by atoms with Gasteiger partial charge in [0.1, 0.15) is 17.3 Å². The second-order valence-corrected chi connectivity index (χ2v) is 9.07. The predicted molar refractivity (Wildman–Crippen MR) is 125 cm³/mol. The molecule has 0 saturated carbocycles. The minimum absolute atomic E-state index is 0.0981. The Morgan fingerprint density at radius 3 is 2.79 bits per heavy atom. The van der Waals surface area contributed by atoms with E-state index in [1.807, 2.05) is 31.2 Å². The van der Waals surface area contributed by atoms with Crippen molar-refractivity contribution in [2.24, 2.45) is 0 Å². The van der Waals surface area contributed by atoms with E-state index < -0.39 is 5.54 Å². The standard InChI is InChI=1S/C26H27FN4O2/c1-18-9-12-28-31(18)23-14-20(6-7-24(23)32)17-29-13-11-26(16-19(29)2)10-8-25(33)30(26)22-5-3-4-21(27)15-22/h3-10,12,14-15,19,32H,11,13,16-17H2,1-2H3/t19-,26-/m1/s1. The van der Waals surface area contributed by atoms with Crippen LogP contribution in [0, 0.1) is 12.7 Å². The van der Waals surface area contributed by atoms with Gasteiger partial charge in [0, 0.05) is 42.8 Å². The minimum atomic E-state index is -0.437. The molecule has 1 aromatic heterocycles. The molecule has 3 aromatic rings. The molecule has 3 heterocycles. The molecule has 7 heteroatoms. The topological polar surface area (TPSA) is 61.6 Å². The summed E-state index contributed by atoms with van der Waals surface area (Å²) in [5.74, 6) is -0.251. The first-order chi connectivity index (χ1) is 15.9. The van der Waals surface area contributed by atoms with Crippen LogP contribution in [-0.2, 0) is 11.3 Å². The van der Waals surface area contributed by atoms with Crippen LogP contribution in [0.25, 0.3) is 5.69 Å². The third-order valence-corrected chi connectivity index (χ3v) is 6.86. The SMILES string of the molecule is Cc1ccnn1-c1cc(CN2CC[C@]3(C=CC(=O)N3c3cccc(F)c3)C[C@H]2C)ccc1O. The second kappa shape index (κ2) is 8.15. The maximum absolute atomic E-state index is 13.9. The van der Waals surface area contributed by atoms with Crippen molar-refractivity contribution in [3.05, 3.63) is 84.0 Å². The Kier molecular flexibility index (Phi) is 5.29. The van der Waals surface area contributed by atoms with Gasteiger partial charge in [-0.2, -0.15) is 5.10 Å². The van der Waals surface area contributed by atoms with Crippen LogP contribution in [0.5, 0.6) is 5.75 Å². The smallest absolute Gasteiger partial charge is 0.251 e. The number of nitrogens with zero attached hydrogens (tertiary/aromatic N) is 4. The third-order valence-electron chi connectivity index (χ3n) is 6.86. The van der Waals surface area contributed by atoms with Crippen LogP contribution in [-0.4, -0.2) is 43.8 Å². The summed E-state index contributed by atoms with van der Waals surface area (Å²) < 4.78 is 15.6. The van der Waals surface area contributed by atoms with Gasteiger partial charge in [0.2, 0.25) is 0 Å². The number of halogens is 1. The molecule has 2 aromatic carbocycles. The van der Waals surface area contributed by atoms with E-state index in [0.29, 0.717) is 11.4 Å². The molecule has 1 saturated heterocycles. The zero-order valence-corrected chi connectivity index (χ0v) is 18.8. The molecular formula is C26H27FN4O2. The fourth-order valence-electron chi connectivity index (χ4n) is 5.18. The van der Waals surface area contributed by atoms with Crippen molar-refractivity contribution >= 4 is 11.6 Å². The number of carbonyl (C=O) groups excluding carboxylic acids is 1. The largest absolute Gasteiger partial charge is 0.506 e. The lowest BCUT2D eigenvalue weighted by molar-refractivity contribution is -0.114. The van der Waals surface area contributed by atoms with E-state index in [9.17, 15) is 14.3 Å². The summed E-state index contributed by atoms with van der Waals surface area (Å²) in [6.07, 6.45) is 6.85. The van der Waals surface area contributed by atoms with E-state index in [-0.39, 0.29) is 23.5 Å². The Balaban J connectivity index is 1.36. The average Bonchev–Trinajstić information content (AvgIpc) is 3.34. The van der Waals surface area contributed by atoms with Crippen LogP contribution < -0.4 is 4.90 Å². The molecular weight excluding hydrogens is 419 g/mol. The Morgan fingerprint density at radius 1 is 1.21 bits per heavy atom. The summed E-state index contributed by atoms with van der Waals surface area (Å²) in [4.78, 5) is 16.9. The van der Waals surface area contributed by atoms with E-state index in [2.05, 4.69) is 16.9 Å². The lowest BCUT2D eigenvalue weighted by atomic mass is 9.82. The van der Waals surface area contributed by atoms with Crippen molar-refractivity contribution in [2.75, 3.05) is 11.4 Å². The van der Waals surface area contributed by atoms with Crippen LogP contribution >= 0.6 is 0 Å². The van der Waals surface area contributed by atoms with Gasteiger partial charge in [-0.25, -0.2) is 9.07 Å². The van der Waals surface area contributed by atoms with Gasteiger partial charge in [0.05, 0.1) is 5.54 Å². The zero-order valence-electron chi connectivity index (χ0n) is 18.8. The average molecular weight is 447 g/mol. The highest BCUT2D eigenvalue weighted by Gasteiger charge is 2.46. The molecule has 170 valence electrons. The molecule has 0 aliphatic carbocycles. The van der Waals surface area contributed by atoms with E-state index in [0.717, 1.165) is 37.2 Å².